The number of methoxy groups -OCH3 is 1. The Kier molecular flexibility index (Phi) is 8.04. The average molecular weight is 334 g/mol. The van der Waals surface area contributed by atoms with Gasteiger partial charge in [0.2, 0.25) is 5.91 Å². The maximum Gasteiger partial charge on any atom is 0.331 e. The monoisotopic (exact) mass is 334 g/mol. The molecule has 7 heteroatoms. The van der Waals surface area contributed by atoms with Crippen molar-refractivity contribution in [2.75, 3.05) is 20.3 Å². The summed E-state index contributed by atoms with van der Waals surface area (Å²) >= 11 is 0. The van der Waals surface area contributed by atoms with Crippen LogP contribution in [-0.2, 0) is 19.1 Å². The number of hydrogen-bond acceptors (Lipinski definition) is 5. The Balaban J connectivity index is 2.38. The Labute approximate surface area is 141 Å². The van der Waals surface area contributed by atoms with Gasteiger partial charge in [-0.25, -0.2) is 4.79 Å². The number of benzene rings is 1. The zero-order valence-electron chi connectivity index (χ0n) is 14.0. The molecule has 0 bridgehead atoms. The quantitative estimate of drug-likeness (QED) is 0.544. The molecule has 2 N–H and O–H groups in total. The fourth-order valence-corrected chi connectivity index (χ4v) is 1.74. The van der Waals surface area contributed by atoms with E-state index in [0.717, 1.165) is 5.56 Å². The van der Waals surface area contributed by atoms with Crippen molar-refractivity contribution in [1.29, 1.82) is 0 Å². The highest BCUT2D eigenvalue weighted by Gasteiger charge is 2.15. The molecule has 0 unspecified atom stereocenters. The minimum absolute atomic E-state index is 0.295. The van der Waals surface area contributed by atoms with E-state index in [-0.39, 0.29) is 5.91 Å². The number of likely N-dealkylation sites (N-methyl/N-ethyl adjacent to an activating group) is 1. The van der Waals surface area contributed by atoms with Crippen molar-refractivity contribution in [1.82, 2.24) is 10.6 Å². The minimum Gasteiger partial charge on any atom is -0.497 e. The number of carbonyl (C=O) groups is 3. The molecule has 1 aromatic carbocycles. The minimum atomic E-state index is -0.689. The molecule has 1 rings (SSSR count). The van der Waals surface area contributed by atoms with E-state index >= 15 is 0 Å². The molecule has 1 atom stereocenters. The van der Waals surface area contributed by atoms with Crippen molar-refractivity contribution in [3.8, 4) is 5.75 Å². The van der Waals surface area contributed by atoms with Gasteiger partial charge in [0.1, 0.15) is 11.8 Å². The third-order valence-electron chi connectivity index (χ3n) is 2.99. The van der Waals surface area contributed by atoms with Gasteiger partial charge in [-0.15, -0.1) is 0 Å². The lowest BCUT2D eigenvalue weighted by Gasteiger charge is -2.12. The molecule has 2 amide bonds. The van der Waals surface area contributed by atoms with Crippen LogP contribution >= 0.6 is 0 Å². The van der Waals surface area contributed by atoms with Gasteiger partial charge in [-0.05, 0) is 37.6 Å². The van der Waals surface area contributed by atoms with Gasteiger partial charge in [0, 0.05) is 12.6 Å². The Hall–Kier alpha value is -2.83. The number of carbonyl (C=O) groups excluding carboxylic acids is 3. The van der Waals surface area contributed by atoms with Gasteiger partial charge in [0.25, 0.3) is 5.91 Å². The molecule has 1 aromatic rings. The van der Waals surface area contributed by atoms with Gasteiger partial charge in [0.05, 0.1) is 7.11 Å². The number of amides is 2. The number of hydrogen-bond donors (Lipinski definition) is 2. The van der Waals surface area contributed by atoms with E-state index in [9.17, 15) is 14.4 Å². The molecule has 130 valence electrons. The zero-order chi connectivity index (χ0) is 17.9. The molecule has 0 aliphatic heterocycles. The fraction of sp³-hybridized carbons (Fsp3) is 0.353. The van der Waals surface area contributed by atoms with Crippen molar-refractivity contribution in [2.24, 2.45) is 0 Å². The highest BCUT2D eigenvalue weighted by molar-refractivity contribution is 5.91. The van der Waals surface area contributed by atoms with Gasteiger partial charge in [0.15, 0.2) is 6.61 Å². The number of nitrogens with one attached hydrogen (secondary N) is 2. The molecule has 0 aliphatic carbocycles. The van der Waals surface area contributed by atoms with Crippen molar-refractivity contribution in [3.63, 3.8) is 0 Å². The van der Waals surface area contributed by atoms with E-state index in [2.05, 4.69) is 10.6 Å². The molecular formula is C17H22N2O5. The predicted molar refractivity (Wildman–Crippen MR) is 89.3 cm³/mol. The van der Waals surface area contributed by atoms with Crippen LogP contribution in [0, 0.1) is 0 Å². The molecule has 0 fully saturated rings. The number of esters is 1. The topological polar surface area (TPSA) is 93.7 Å². The lowest BCUT2D eigenvalue weighted by Crippen LogP contribution is -2.46. The summed E-state index contributed by atoms with van der Waals surface area (Å²) in [4.78, 5) is 34.6. The van der Waals surface area contributed by atoms with Crippen LogP contribution in [0.1, 0.15) is 19.4 Å². The van der Waals surface area contributed by atoms with Crippen LogP contribution in [0.15, 0.2) is 30.3 Å². The van der Waals surface area contributed by atoms with Crippen LogP contribution in [0.3, 0.4) is 0 Å². The molecular weight excluding hydrogens is 312 g/mol. The van der Waals surface area contributed by atoms with Crippen molar-refractivity contribution in [2.45, 2.75) is 19.9 Å². The highest BCUT2D eigenvalue weighted by Crippen LogP contribution is 2.12. The van der Waals surface area contributed by atoms with Crippen LogP contribution in [0.25, 0.3) is 6.08 Å². The molecule has 0 spiro atoms. The summed E-state index contributed by atoms with van der Waals surface area (Å²) in [5.41, 5.74) is 0.794. The van der Waals surface area contributed by atoms with Crippen LogP contribution in [0.5, 0.6) is 5.75 Å². The van der Waals surface area contributed by atoms with E-state index in [4.69, 9.17) is 9.47 Å². The summed E-state index contributed by atoms with van der Waals surface area (Å²) in [6.45, 7) is 3.36. The SMILES string of the molecule is CCNC(=O)[C@@H](C)NC(=O)COC(=O)/C=C/c1ccc(OC)cc1. The second-order valence-electron chi connectivity index (χ2n) is 4.90. The lowest BCUT2D eigenvalue weighted by atomic mass is 10.2. The molecule has 7 nitrogen and oxygen atoms in total. The Bertz CT molecular complexity index is 596. The lowest BCUT2D eigenvalue weighted by molar-refractivity contribution is -0.144. The van der Waals surface area contributed by atoms with Crippen molar-refractivity contribution in [3.05, 3.63) is 35.9 Å². The second kappa shape index (κ2) is 10.0. The molecule has 0 heterocycles. The van der Waals surface area contributed by atoms with E-state index in [1.54, 1.807) is 51.3 Å². The summed E-state index contributed by atoms with van der Waals surface area (Å²) in [7, 11) is 1.57. The Morgan fingerprint density at radius 2 is 1.88 bits per heavy atom. The van der Waals surface area contributed by atoms with Gasteiger partial charge in [-0.3, -0.25) is 9.59 Å². The summed E-state index contributed by atoms with van der Waals surface area (Å²) < 4.78 is 9.85. The van der Waals surface area contributed by atoms with E-state index < -0.39 is 24.5 Å². The molecule has 0 aliphatic rings. The highest BCUT2D eigenvalue weighted by atomic mass is 16.5. The molecule has 0 radical (unpaired) electrons. The maximum absolute atomic E-state index is 11.6. The van der Waals surface area contributed by atoms with E-state index in [1.807, 2.05) is 0 Å². The average Bonchev–Trinajstić information content (AvgIpc) is 2.58. The van der Waals surface area contributed by atoms with Gasteiger partial charge < -0.3 is 20.1 Å². The molecule has 0 saturated heterocycles. The number of ether oxygens (including phenoxy) is 2. The van der Waals surface area contributed by atoms with Crippen molar-refractivity contribution < 1.29 is 23.9 Å². The van der Waals surface area contributed by atoms with E-state index in [1.165, 1.54) is 6.08 Å². The molecule has 0 saturated carbocycles. The smallest absolute Gasteiger partial charge is 0.331 e. The fourth-order valence-electron chi connectivity index (χ4n) is 1.74. The molecule has 0 aromatic heterocycles. The first-order valence-corrected chi connectivity index (χ1v) is 7.52. The second-order valence-corrected chi connectivity index (χ2v) is 4.90. The summed E-state index contributed by atoms with van der Waals surface area (Å²) in [5, 5.41) is 5.02. The standard InChI is InChI=1S/C17H22N2O5/c1-4-18-17(22)12(2)19-15(20)11-24-16(21)10-7-13-5-8-14(23-3)9-6-13/h5-10,12H,4,11H2,1-3H3,(H,18,22)(H,19,20)/b10-7+/t12-/m1/s1. The van der Waals surface area contributed by atoms with Crippen LogP contribution in [0.2, 0.25) is 0 Å². The number of rotatable bonds is 8. The summed E-state index contributed by atoms with van der Waals surface area (Å²) in [6.07, 6.45) is 2.79. The zero-order valence-corrected chi connectivity index (χ0v) is 14.0. The summed E-state index contributed by atoms with van der Waals surface area (Å²) in [6, 6.07) is 6.40. The maximum atomic E-state index is 11.6. The Morgan fingerprint density at radius 3 is 2.46 bits per heavy atom. The first kappa shape index (κ1) is 19.2. The van der Waals surface area contributed by atoms with Gasteiger partial charge >= 0.3 is 5.97 Å². The third-order valence-corrected chi connectivity index (χ3v) is 2.99. The predicted octanol–water partition coefficient (Wildman–Crippen LogP) is 0.892. The van der Waals surface area contributed by atoms with Crippen LogP contribution in [-0.4, -0.2) is 44.1 Å². The normalized spacial score (nSPS) is 11.6. The molecule has 24 heavy (non-hydrogen) atoms. The largest absolute Gasteiger partial charge is 0.497 e. The van der Waals surface area contributed by atoms with Gasteiger partial charge in [-0.1, -0.05) is 12.1 Å². The van der Waals surface area contributed by atoms with Gasteiger partial charge in [-0.2, -0.15) is 0 Å². The Morgan fingerprint density at radius 1 is 1.21 bits per heavy atom. The third kappa shape index (κ3) is 6.95. The van der Waals surface area contributed by atoms with Crippen LogP contribution in [0.4, 0.5) is 0 Å². The first-order valence-electron chi connectivity index (χ1n) is 7.52. The first-order chi connectivity index (χ1) is 11.5. The van der Waals surface area contributed by atoms with Crippen LogP contribution < -0.4 is 15.4 Å². The van der Waals surface area contributed by atoms with E-state index in [0.29, 0.717) is 12.3 Å². The van der Waals surface area contributed by atoms with Crippen molar-refractivity contribution >= 4 is 23.9 Å². The summed E-state index contributed by atoms with van der Waals surface area (Å²) in [5.74, 6) is -0.768.